The number of methoxy groups -OCH3 is 1. The predicted octanol–water partition coefficient (Wildman–Crippen LogP) is 3.84. The van der Waals surface area contributed by atoms with Crippen molar-refractivity contribution in [3.8, 4) is 11.5 Å². The standard InChI is InChI=1S/C27H39NO6Si/c1-6-32-25(29)27(28,26(30)33-7-2)18-17-21-13-15-22(16-14-21)34-19-10-20-35(4,5)24-12-9-8-11-23(24)31-3/h8-9,11-16H,6-7,10,17-20,28H2,1-5H3. The van der Waals surface area contributed by atoms with Crippen LogP contribution < -0.4 is 20.4 Å². The van der Waals surface area contributed by atoms with Gasteiger partial charge >= 0.3 is 11.9 Å². The molecule has 0 bridgehead atoms. The molecule has 0 unspecified atom stereocenters. The highest BCUT2D eigenvalue weighted by Crippen LogP contribution is 2.21. The van der Waals surface area contributed by atoms with E-state index in [1.54, 1.807) is 21.0 Å². The average molecular weight is 502 g/mol. The summed E-state index contributed by atoms with van der Waals surface area (Å²) >= 11 is 0. The van der Waals surface area contributed by atoms with E-state index in [1.165, 1.54) is 5.19 Å². The molecule has 2 rings (SSSR count). The van der Waals surface area contributed by atoms with Gasteiger partial charge in [-0.05, 0) is 62.1 Å². The molecule has 0 aliphatic heterocycles. The van der Waals surface area contributed by atoms with E-state index >= 15 is 0 Å². The number of esters is 2. The molecule has 2 aromatic carbocycles. The van der Waals surface area contributed by atoms with Crippen LogP contribution in [0.1, 0.15) is 32.3 Å². The molecule has 35 heavy (non-hydrogen) atoms. The summed E-state index contributed by atoms with van der Waals surface area (Å²) in [7, 11) is 0.0755. The zero-order valence-electron chi connectivity index (χ0n) is 21.6. The maximum Gasteiger partial charge on any atom is 0.337 e. The van der Waals surface area contributed by atoms with Crippen molar-refractivity contribution in [2.24, 2.45) is 5.73 Å². The van der Waals surface area contributed by atoms with E-state index in [1.807, 2.05) is 36.4 Å². The first-order chi connectivity index (χ1) is 16.7. The monoisotopic (exact) mass is 501 g/mol. The summed E-state index contributed by atoms with van der Waals surface area (Å²) in [5.74, 6) is 0.212. The van der Waals surface area contributed by atoms with Gasteiger partial charge in [0.25, 0.3) is 0 Å². The number of aryl methyl sites for hydroxylation is 1. The Kier molecular flexibility index (Phi) is 10.8. The predicted molar refractivity (Wildman–Crippen MR) is 140 cm³/mol. The first-order valence-electron chi connectivity index (χ1n) is 12.2. The maximum absolute atomic E-state index is 12.3. The van der Waals surface area contributed by atoms with E-state index in [0.717, 1.165) is 29.5 Å². The Morgan fingerprint density at radius 1 is 0.943 bits per heavy atom. The van der Waals surface area contributed by atoms with E-state index in [4.69, 9.17) is 24.7 Å². The molecule has 0 aliphatic carbocycles. The molecule has 192 valence electrons. The number of carbonyl (C=O) groups excluding carboxylic acids is 2. The summed E-state index contributed by atoms with van der Waals surface area (Å²) in [5, 5.41) is 1.33. The Balaban J connectivity index is 1.89. The molecule has 0 radical (unpaired) electrons. The van der Waals surface area contributed by atoms with Gasteiger partial charge in [0.15, 0.2) is 0 Å². The summed E-state index contributed by atoms with van der Waals surface area (Å²) in [5.41, 5.74) is 5.25. The molecule has 0 heterocycles. The minimum Gasteiger partial charge on any atom is -0.497 e. The molecule has 8 heteroatoms. The molecule has 0 fully saturated rings. The number of hydrogen-bond acceptors (Lipinski definition) is 7. The molecule has 7 nitrogen and oxygen atoms in total. The zero-order valence-corrected chi connectivity index (χ0v) is 22.6. The van der Waals surface area contributed by atoms with Crippen LogP contribution >= 0.6 is 0 Å². The molecule has 0 aliphatic rings. The van der Waals surface area contributed by atoms with Crippen molar-refractivity contribution in [1.29, 1.82) is 0 Å². The van der Waals surface area contributed by atoms with Crippen LogP contribution in [0.15, 0.2) is 48.5 Å². The SMILES string of the molecule is CCOC(=O)C(N)(CCc1ccc(OCCC[Si](C)(C)c2ccccc2OC)cc1)C(=O)OCC. The lowest BCUT2D eigenvalue weighted by molar-refractivity contribution is -0.164. The molecule has 0 atom stereocenters. The van der Waals surface area contributed by atoms with Crippen molar-refractivity contribution in [1.82, 2.24) is 0 Å². The fraction of sp³-hybridized carbons (Fsp3) is 0.481. The lowest BCUT2D eigenvalue weighted by atomic mass is 9.92. The molecule has 2 N–H and O–H groups in total. The van der Waals surface area contributed by atoms with Crippen LogP contribution in [0.4, 0.5) is 0 Å². The number of nitrogens with two attached hydrogens (primary N) is 1. The summed E-state index contributed by atoms with van der Waals surface area (Å²) in [4.78, 5) is 24.7. The van der Waals surface area contributed by atoms with Crippen LogP contribution in [0.5, 0.6) is 11.5 Å². The Morgan fingerprint density at radius 3 is 2.11 bits per heavy atom. The number of benzene rings is 2. The van der Waals surface area contributed by atoms with Gasteiger partial charge in [0.05, 0.1) is 35.0 Å². The molecular formula is C27H39NO6Si. The van der Waals surface area contributed by atoms with Gasteiger partial charge in [-0.15, -0.1) is 0 Å². The normalized spacial score (nSPS) is 11.6. The van der Waals surface area contributed by atoms with Gasteiger partial charge in [0.2, 0.25) is 5.54 Å². The highest BCUT2D eigenvalue weighted by Gasteiger charge is 2.44. The van der Waals surface area contributed by atoms with E-state index in [2.05, 4.69) is 25.2 Å². The largest absolute Gasteiger partial charge is 0.497 e. The van der Waals surface area contributed by atoms with Crippen molar-refractivity contribution < 1.29 is 28.5 Å². The lowest BCUT2D eigenvalue weighted by Crippen LogP contribution is -2.57. The van der Waals surface area contributed by atoms with Crippen molar-refractivity contribution in [2.75, 3.05) is 26.9 Å². The third kappa shape index (κ3) is 7.83. The van der Waals surface area contributed by atoms with Crippen molar-refractivity contribution >= 4 is 25.2 Å². The van der Waals surface area contributed by atoms with E-state index < -0.39 is 25.6 Å². The van der Waals surface area contributed by atoms with Gasteiger partial charge in [0, 0.05) is 0 Å². The second-order valence-electron chi connectivity index (χ2n) is 9.09. The fourth-order valence-corrected chi connectivity index (χ4v) is 6.64. The molecule has 0 aromatic heterocycles. The minimum atomic E-state index is -1.82. The second kappa shape index (κ2) is 13.3. The van der Waals surface area contributed by atoms with Gasteiger partial charge in [-0.3, -0.25) is 0 Å². The zero-order chi connectivity index (χ0) is 25.9. The second-order valence-corrected chi connectivity index (χ2v) is 13.9. The number of carbonyl (C=O) groups is 2. The van der Waals surface area contributed by atoms with E-state index in [0.29, 0.717) is 13.0 Å². The summed E-state index contributed by atoms with van der Waals surface area (Å²) in [6.45, 7) is 8.95. The molecule has 0 saturated heterocycles. The van der Waals surface area contributed by atoms with Gasteiger partial charge < -0.3 is 24.7 Å². The molecule has 0 saturated carbocycles. The lowest BCUT2D eigenvalue weighted by Gasteiger charge is -2.25. The fourth-order valence-electron chi connectivity index (χ4n) is 3.94. The highest BCUT2D eigenvalue weighted by molar-refractivity contribution is 6.90. The van der Waals surface area contributed by atoms with Gasteiger partial charge in [-0.1, -0.05) is 49.5 Å². The van der Waals surface area contributed by atoms with Gasteiger partial charge in [-0.2, -0.15) is 0 Å². The minimum absolute atomic E-state index is 0.0908. The van der Waals surface area contributed by atoms with Crippen molar-refractivity contribution in [2.45, 2.75) is 57.8 Å². The Hall–Kier alpha value is -2.84. The number of para-hydroxylation sites is 1. The van der Waals surface area contributed by atoms with E-state index in [-0.39, 0.29) is 19.6 Å². The average Bonchev–Trinajstić information content (AvgIpc) is 2.86. The topological polar surface area (TPSA) is 97.1 Å². The Labute approximate surface area is 209 Å². The Bertz CT molecular complexity index is 942. The summed E-state index contributed by atoms with van der Waals surface area (Å²) < 4.78 is 21.5. The maximum atomic E-state index is 12.3. The molecule has 2 aromatic rings. The summed E-state index contributed by atoms with van der Waals surface area (Å²) in [6.07, 6.45) is 1.47. The number of hydrogen-bond donors (Lipinski definition) is 1. The Morgan fingerprint density at radius 2 is 1.54 bits per heavy atom. The van der Waals surface area contributed by atoms with Gasteiger partial charge in [-0.25, -0.2) is 9.59 Å². The van der Waals surface area contributed by atoms with Crippen LogP contribution in [-0.2, 0) is 25.5 Å². The highest BCUT2D eigenvalue weighted by atomic mass is 28.3. The first-order valence-corrected chi connectivity index (χ1v) is 15.4. The molecular weight excluding hydrogens is 462 g/mol. The number of ether oxygens (including phenoxy) is 4. The number of rotatable bonds is 14. The summed E-state index contributed by atoms with van der Waals surface area (Å²) in [6, 6.07) is 17.0. The van der Waals surface area contributed by atoms with E-state index in [9.17, 15) is 9.59 Å². The van der Waals surface area contributed by atoms with Crippen LogP contribution in [-0.4, -0.2) is 52.5 Å². The molecule has 0 amide bonds. The first kappa shape index (κ1) is 28.4. The quantitative estimate of drug-likeness (QED) is 0.182. The smallest absolute Gasteiger partial charge is 0.337 e. The molecule has 0 spiro atoms. The van der Waals surface area contributed by atoms with Crippen LogP contribution in [0, 0.1) is 0 Å². The third-order valence-corrected chi connectivity index (χ3v) is 9.54. The van der Waals surface area contributed by atoms with Crippen molar-refractivity contribution in [3.05, 3.63) is 54.1 Å². The third-order valence-electron chi connectivity index (χ3n) is 6.06. The van der Waals surface area contributed by atoms with Crippen LogP contribution in [0.2, 0.25) is 19.1 Å². The van der Waals surface area contributed by atoms with Crippen LogP contribution in [0.3, 0.4) is 0 Å². The van der Waals surface area contributed by atoms with Crippen molar-refractivity contribution in [3.63, 3.8) is 0 Å². The van der Waals surface area contributed by atoms with Gasteiger partial charge in [0.1, 0.15) is 11.5 Å². The van der Waals surface area contributed by atoms with Crippen LogP contribution in [0.25, 0.3) is 0 Å².